The first kappa shape index (κ1) is 14.4. The molecule has 0 spiro atoms. The Bertz CT molecular complexity index is 949. The van der Waals surface area contributed by atoms with Crippen molar-refractivity contribution in [1.82, 2.24) is 5.06 Å². The molecule has 3 N–H and O–H groups in total. The van der Waals surface area contributed by atoms with Crippen molar-refractivity contribution in [2.75, 3.05) is 6.67 Å². The van der Waals surface area contributed by atoms with Gasteiger partial charge in [-0.05, 0) is 18.2 Å². The lowest BCUT2D eigenvalue weighted by atomic mass is 10.3. The van der Waals surface area contributed by atoms with Crippen LogP contribution in [0.3, 0.4) is 0 Å². The van der Waals surface area contributed by atoms with E-state index in [1.165, 1.54) is 18.3 Å². The number of nitrogens with zero attached hydrogens (tertiary/aromatic N) is 2. The van der Waals surface area contributed by atoms with Crippen molar-refractivity contribution >= 4 is 16.0 Å². The lowest BCUT2D eigenvalue weighted by molar-refractivity contribution is -0.0200. The molecule has 0 atom stereocenters. The standard InChI is InChI=1S/C14H12N2O5S/c17-10-4-11(18)6-12(5-10)22(20,21)13-3-1-2-9-7-16(19)8-15-14(9)13/h1-7,17-19H,8H2. The maximum atomic E-state index is 12.7. The second-order valence-corrected chi connectivity index (χ2v) is 6.67. The number of benzene rings is 2. The molecule has 7 nitrogen and oxygen atoms in total. The first-order valence-corrected chi connectivity index (χ1v) is 7.75. The summed E-state index contributed by atoms with van der Waals surface area (Å²) in [6.45, 7) is -0.0785. The maximum absolute atomic E-state index is 12.7. The van der Waals surface area contributed by atoms with Gasteiger partial charge in [0, 0.05) is 17.5 Å². The van der Waals surface area contributed by atoms with Gasteiger partial charge in [-0.3, -0.25) is 10.2 Å². The Morgan fingerprint density at radius 3 is 2.45 bits per heavy atom. The molecule has 2 aromatic carbocycles. The van der Waals surface area contributed by atoms with Crippen molar-refractivity contribution in [3.63, 3.8) is 0 Å². The smallest absolute Gasteiger partial charge is 0.209 e. The van der Waals surface area contributed by atoms with Gasteiger partial charge in [-0.25, -0.2) is 13.5 Å². The molecule has 0 aromatic heterocycles. The number of para-hydroxylation sites is 1. The second-order valence-electron chi connectivity index (χ2n) is 4.75. The second kappa shape index (κ2) is 5.00. The van der Waals surface area contributed by atoms with Gasteiger partial charge in [0.2, 0.25) is 9.84 Å². The molecule has 8 heteroatoms. The van der Waals surface area contributed by atoms with Crippen LogP contribution in [-0.2, 0) is 9.84 Å². The minimum absolute atomic E-state index is 0.0562. The number of phenolic OH excluding ortho intramolecular Hbond substituents is 2. The minimum Gasteiger partial charge on any atom is -0.508 e. The number of hydrogen-bond donors (Lipinski definition) is 3. The molecule has 0 saturated carbocycles. The van der Waals surface area contributed by atoms with Crippen molar-refractivity contribution in [2.24, 2.45) is 4.99 Å². The fourth-order valence-corrected chi connectivity index (χ4v) is 3.72. The lowest BCUT2D eigenvalue weighted by Crippen LogP contribution is -2.37. The third kappa shape index (κ3) is 2.38. The molecule has 0 fully saturated rings. The Labute approximate surface area is 125 Å². The number of phenols is 2. The highest BCUT2D eigenvalue weighted by Crippen LogP contribution is 2.26. The molecule has 0 unspecified atom stereocenters. The molecule has 0 radical (unpaired) electrons. The quantitative estimate of drug-likeness (QED) is 0.715. The van der Waals surface area contributed by atoms with Crippen LogP contribution in [0.4, 0.5) is 0 Å². The molecule has 0 saturated heterocycles. The van der Waals surface area contributed by atoms with Crippen LogP contribution in [0.1, 0.15) is 0 Å². The Kier molecular flexibility index (Phi) is 3.27. The highest BCUT2D eigenvalue weighted by atomic mass is 32.2. The predicted octanol–water partition coefficient (Wildman–Crippen LogP) is -0.0495. The van der Waals surface area contributed by atoms with Gasteiger partial charge in [-0.1, -0.05) is 12.1 Å². The molecule has 114 valence electrons. The first-order valence-electron chi connectivity index (χ1n) is 6.27. The van der Waals surface area contributed by atoms with Gasteiger partial charge in [0.05, 0.1) is 15.1 Å². The monoisotopic (exact) mass is 320 g/mol. The molecule has 3 rings (SSSR count). The predicted molar refractivity (Wildman–Crippen MR) is 75.4 cm³/mol. The van der Waals surface area contributed by atoms with Crippen molar-refractivity contribution in [1.29, 1.82) is 0 Å². The molecule has 22 heavy (non-hydrogen) atoms. The SMILES string of the molecule is O=S(=O)(c1cc(O)cc(O)c1)c1cccc2c1=NCN(O)C=2. The molecule has 1 heterocycles. The number of sulfone groups is 1. The largest absolute Gasteiger partial charge is 0.508 e. The van der Waals surface area contributed by atoms with Gasteiger partial charge >= 0.3 is 0 Å². The summed E-state index contributed by atoms with van der Waals surface area (Å²) in [6.07, 6.45) is 1.38. The minimum atomic E-state index is -3.98. The normalized spacial score (nSPS) is 14.0. The van der Waals surface area contributed by atoms with Gasteiger partial charge in [0.1, 0.15) is 18.2 Å². The highest BCUT2D eigenvalue weighted by Gasteiger charge is 2.22. The molecule has 1 aliphatic rings. The van der Waals surface area contributed by atoms with E-state index in [4.69, 9.17) is 0 Å². The Morgan fingerprint density at radius 2 is 1.77 bits per heavy atom. The Morgan fingerprint density at radius 1 is 1.09 bits per heavy atom. The maximum Gasteiger partial charge on any atom is 0.209 e. The van der Waals surface area contributed by atoms with E-state index in [-0.39, 0.29) is 33.3 Å². The van der Waals surface area contributed by atoms with Gasteiger partial charge < -0.3 is 10.2 Å². The lowest BCUT2D eigenvalue weighted by Gasteiger charge is -2.14. The molecule has 0 aliphatic carbocycles. The highest BCUT2D eigenvalue weighted by molar-refractivity contribution is 7.91. The zero-order valence-electron chi connectivity index (χ0n) is 11.2. The molecular formula is C14H12N2O5S. The zero-order valence-corrected chi connectivity index (χ0v) is 12.0. The number of rotatable bonds is 2. The van der Waals surface area contributed by atoms with Crippen LogP contribution in [0.2, 0.25) is 0 Å². The number of hydroxylamine groups is 2. The molecule has 0 bridgehead atoms. The van der Waals surface area contributed by atoms with Crippen LogP contribution >= 0.6 is 0 Å². The van der Waals surface area contributed by atoms with Gasteiger partial charge in [-0.2, -0.15) is 0 Å². The van der Waals surface area contributed by atoms with Crippen LogP contribution < -0.4 is 10.6 Å². The number of fused-ring (bicyclic) bond motifs is 1. The summed E-state index contributed by atoms with van der Waals surface area (Å²) in [5.41, 5.74) is 0. The number of hydrogen-bond acceptors (Lipinski definition) is 7. The van der Waals surface area contributed by atoms with E-state index < -0.39 is 9.84 Å². The van der Waals surface area contributed by atoms with Crippen LogP contribution in [0.15, 0.2) is 51.2 Å². The average Bonchev–Trinajstić information content (AvgIpc) is 2.45. The Balaban J connectivity index is 2.28. The zero-order chi connectivity index (χ0) is 15.9. The summed E-state index contributed by atoms with van der Waals surface area (Å²) >= 11 is 0. The van der Waals surface area contributed by atoms with E-state index in [9.17, 15) is 23.8 Å². The van der Waals surface area contributed by atoms with E-state index >= 15 is 0 Å². The van der Waals surface area contributed by atoms with E-state index in [1.54, 1.807) is 6.07 Å². The summed E-state index contributed by atoms with van der Waals surface area (Å²) in [6, 6.07) is 7.69. The van der Waals surface area contributed by atoms with Crippen LogP contribution in [0.25, 0.3) is 6.20 Å². The third-order valence-electron chi connectivity index (χ3n) is 3.17. The van der Waals surface area contributed by atoms with E-state index in [0.717, 1.165) is 23.3 Å². The van der Waals surface area contributed by atoms with E-state index in [0.29, 0.717) is 5.22 Å². The van der Waals surface area contributed by atoms with Crippen molar-refractivity contribution in [3.8, 4) is 11.5 Å². The first-order chi connectivity index (χ1) is 10.4. The summed E-state index contributed by atoms with van der Waals surface area (Å²) in [5, 5.41) is 29.9. The van der Waals surface area contributed by atoms with Crippen LogP contribution in [0, 0.1) is 0 Å². The van der Waals surface area contributed by atoms with Crippen molar-refractivity contribution in [3.05, 3.63) is 47.0 Å². The fraction of sp³-hybridized carbons (Fsp3) is 0.0714. The fourth-order valence-electron chi connectivity index (χ4n) is 2.22. The average molecular weight is 320 g/mol. The number of aromatic hydroxyl groups is 2. The molecule has 1 aliphatic heterocycles. The van der Waals surface area contributed by atoms with Crippen LogP contribution in [0.5, 0.6) is 11.5 Å². The topological polar surface area (TPSA) is 110 Å². The summed E-state index contributed by atoms with van der Waals surface area (Å²) in [5.74, 6) is -0.707. The van der Waals surface area contributed by atoms with E-state index in [1.807, 2.05) is 0 Å². The van der Waals surface area contributed by atoms with Crippen molar-refractivity contribution < 1.29 is 23.8 Å². The van der Waals surface area contributed by atoms with Crippen molar-refractivity contribution in [2.45, 2.75) is 9.79 Å². The van der Waals surface area contributed by atoms with Gasteiger partial charge in [0.25, 0.3) is 0 Å². The van der Waals surface area contributed by atoms with Gasteiger partial charge in [0.15, 0.2) is 0 Å². The van der Waals surface area contributed by atoms with Gasteiger partial charge in [-0.15, -0.1) is 0 Å². The Hall–Kier alpha value is -2.58. The van der Waals surface area contributed by atoms with Crippen LogP contribution in [-0.4, -0.2) is 35.6 Å². The van der Waals surface area contributed by atoms with E-state index in [2.05, 4.69) is 4.99 Å². The molecule has 0 amide bonds. The summed E-state index contributed by atoms with van der Waals surface area (Å²) in [7, 11) is -3.98. The summed E-state index contributed by atoms with van der Waals surface area (Å²) < 4.78 is 25.4. The molecular weight excluding hydrogens is 308 g/mol. The summed E-state index contributed by atoms with van der Waals surface area (Å²) in [4.78, 5) is 3.76. The molecule has 2 aromatic rings. The third-order valence-corrected chi connectivity index (χ3v) is 4.93.